The van der Waals surface area contributed by atoms with Gasteiger partial charge in [0.25, 0.3) is 0 Å². The first-order valence-electron chi connectivity index (χ1n) is 9.74. The summed E-state index contributed by atoms with van der Waals surface area (Å²) in [7, 11) is -1.41. The van der Waals surface area contributed by atoms with Crippen LogP contribution in [-0.4, -0.2) is 47.4 Å². The Kier molecular flexibility index (Phi) is 8.51. The van der Waals surface area contributed by atoms with Gasteiger partial charge in [-0.25, -0.2) is 8.42 Å². The molecule has 7 heteroatoms. The van der Waals surface area contributed by atoms with Crippen LogP contribution < -0.4 is 15.4 Å². The Morgan fingerprint density at radius 3 is 2.21 bits per heavy atom. The molecule has 29 heavy (non-hydrogen) atoms. The number of guanidine groups is 1. The second kappa shape index (κ2) is 10.9. The quantitative estimate of drug-likeness (QED) is 0.373. The summed E-state index contributed by atoms with van der Waals surface area (Å²) in [5.74, 6) is 1.71. The average molecular weight is 418 g/mol. The van der Waals surface area contributed by atoms with Crippen molar-refractivity contribution in [2.45, 2.75) is 31.6 Å². The molecule has 0 amide bonds. The first kappa shape index (κ1) is 22.7. The van der Waals surface area contributed by atoms with Crippen molar-refractivity contribution in [3.8, 4) is 5.75 Å². The number of sulfone groups is 1. The van der Waals surface area contributed by atoms with E-state index in [2.05, 4.69) is 41.6 Å². The lowest BCUT2D eigenvalue weighted by atomic mass is 10.1. The van der Waals surface area contributed by atoms with E-state index >= 15 is 0 Å². The van der Waals surface area contributed by atoms with Gasteiger partial charge in [0.05, 0.1) is 11.5 Å². The van der Waals surface area contributed by atoms with Gasteiger partial charge in [0.15, 0.2) is 15.8 Å². The van der Waals surface area contributed by atoms with Crippen LogP contribution in [0.15, 0.2) is 52.4 Å². The maximum Gasteiger partial charge on any atom is 0.190 e. The molecule has 0 fully saturated rings. The minimum absolute atomic E-state index is 0.342. The fraction of sp³-hybridized carbons (Fsp3) is 0.409. The number of hydrogen-bond donors (Lipinski definition) is 2. The third-order valence-electron chi connectivity index (χ3n) is 4.55. The Morgan fingerprint density at radius 1 is 1.00 bits per heavy atom. The van der Waals surface area contributed by atoms with Gasteiger partial charge in [-0.1, -0.05) is 30.3 Å². The van der Waals surface area contributed by atoms with Crippen LogP contribution in [-0.2, 0) is 16.3 Å². The molecule has 0 bridgehead atoms. The number of aryl methyl sites for hydroxylation is 2. The smallest absolute Gasteiger partial charge is 0.190 e. The van der Waals surface area contributed by atoms with Crippen LogP contribution in [0.5, 0.6) is 5.75 Å². The van der Waals surface area contributed by atoms with Crippen LogP contribution in [0.1, 0.15) is 23.1 Å². The van der Waals surface area contributed by atoms with E-state index < -0.39 is 9.84 Å². The van der Waals surface area contributed by atoms with Gasteiger partial charge in [0.2, 0.25) is 0 Å². The van der Waals surface area contributed by atoms with E-state index in [0.717, 1.165) is 47.8 Å². The molecule has 2 N–H and O–H groups in total. The second-order valence-electron chi connectivity index (χ2n) is 7.01. The Labute approximate surface area is 174 Å². The highest BCUT2D eigenvalue weighted by Crippen LogP contribution is 2.22. The maximum atomic E-state index is 11.5. The van der Waals surface area contributed by atoms with E-state index in [0.29, 0.717) is 18.0 Å². The molecule has 0 atom stereocenters. The zero-order valence-corrected chi connectivity index (χ0v) is 18.5. The fourth-order valence-electron chi connectivity index (χ4n) is 2.93. The number of nitrogens with zero attached hydrogens (tertiary/aromatic N) is 1. The van der Waals surface area contributed by atoms with Crippen molar-refractivity contribution >= 4 is 15.8 Å². The summed E-state index contributed by atoms with van der Waals surface area (Å²) in [5, 5.41) is 6.55. The van der Waals surface area contributed by atoms with E-state index in [9.17, 15) is 8.42 Å². The minimum atomic E-state index is -3.15. The molecule has 0 heterocycles. The Bertz CT molecular complexity index is 903. The summed E-state index contributed by atoms with van der Waals surface area (Å²) < 4.78 is 28.9. The number of ether oxygens (including phenoxy) is 1. The van der Waals surface area contributed by atoms with Gasteiger partial charge < -0.3 is 15.4 Å². The predicted molar refractivity (Wildman–Crippen MR) is 119 cm³/mol. The monoisotopic (exact) mass is 417 g/mol. The lowest BCUT2D eigenvalue weighted by Crippen LogP contribution is -2.39. The number of hydrogen-bond acceptors (Lipinski definition) is 4. The number of nitrogens with one attached hydrogen (secondary N) is 2. The first-order valence-corrected chi connectivity index (χ1v) is 11.6. The van der Waals surface area contributed by atoms with Gasteiger partial charge in [0.1, 0.15) is 5.75 Å². The summed E-state index contributed by atoms with van der Waals surface area (Å²) in [5.41, 5.74) is 3.38. The summed E-state index contributed by atoms with van der Waals surface area (Å²) >= 11 is 0. The second-order valence-corrected chi connectivity index (χ2v) is 9.03. The Hall–Kier alpha value is -2.54. The van der Waals surface area contributed by atoms with E-state index in [1.807, 2.05) is 18.2 Å². The summed E-state index contributed by atoms with van der Waals surface area (Å²) in [6.07, 6.45) is 2.86. The maximum absolute atomic E-state index is 11.5. The predicted octanol–water partition coefficient (Wildman–Crippen LogP) is 2.88. The molecular weight excluding hydrogens is 386 g/mol. The highest BCUT2D eigenvalue weighted by molar-refractivity contribution is 7.90. The molecule has 6 nitrogen and oxygen atoms in total. The van der Waals surface area contributed by atoms with Crippen LogP contribution in [0.25, 0.3) is 0 Å². The largest absolute Gasteiger partial charge is 0.493 e. The molecule has 0 saturated carbocycles. The Morgan fingerprint density at radius 2 is 1.62 bits per heavy atom. The number of benzene rings is 2. The normalized spacial score (nSPS) is 11.9. The van der Waals surface area contributed by atoms with Gasteiger partial charge in [-0.05, 0) is 55.5 Å². The van der Waals surface area contributed by atoms with Crippen LogP contribution in [0.2, 0.25) is 0 Å². The van der Waals surface area contributed by atoms with Gasteiger partial charge in [-0.3, -0.25) is 4.99 Å². The highest BCUT2D eigenvalue weighted by atomic mass is 32.2. The fourth-order valence-corrected chi connectivity index (χ4v) is 3.56. The molecule has 0 aliphatic heterocycles. The van der Waals surface area contributed by atoms with Crippen LogP contribution in [0.4, 0.5) is 0 Å². The van der Waals surface area contributed by atoms with E-state index in [1.165, 1.54) is 6.26 Å². The van der Waals surface area contributed by atoms with Gasteiger partial charge >= 0.3 is 0 Å². The van der Waals surface area contributed by atoms with Gasteiger partial charge in [0, 0.05) is 26.4 Å². The van der Waals surface area contributed by atoms with Crippen molar-refractivity contribution in [3.05, 3.63) is 59.2 Å². The summed E-state index contributed by atoms with van der Waals surface area (Å²) in [4.78, 5) is 4.57. The molecule has 0 aliphatic carbocycles. The number of aliphatic imine (C=N–C) groups is 1. The van der Waals surface area contributed by atoms with Crippen LogP contribution >= 0.6 is 0 Å². The molecule has 0 aliphatic rings. The van der Waals surface area contributed by atoms with E-state index in [4.69, 9.17) is 4.74 Å². The van der Waals surface area contributed by atoms with Gasteiger partial charge in [-0.2, -0.15) is 0 Å². The first-order chi connectivity index (χ1) is 13.8. The summed E-state index contributed by atoms with van der Waals surface area (Å²) in [6.45, 7) is 6.22. The number of para-hydroxylation sites is 1. The molecule has 0 aromatic heterocycles. The van der Waals surface area contributed by atoms with Crippen molar-refractivity contribution in [3.63, 3.8) is 0 Å². The summed E-state index contributed by atoms with van der Waals surface area (Å²) in [6, 6.07) is 13.1. The molecule has 0 saturated heterocycles. The lowest BCUT2D eigenvalue weighted by Gasteiger charge is -2.14. The van der Waals surface area contributed by atoms with E-state index in [-0.39, 0.29) is 0 Å². The van der Waals surface area contributed by atoms with Crippen molar-refractivity contribution in [2.75, 3.05) is 33.0 Å². The molecule has 2 rings (SSSR count). The Balaban J connectivity index is 1.68. The standard InChI is InChI=1S/C22H31N3O3S/c1-17-7-5-8-18(2)21(17)28-16-6-14-24-22(23-3)25-15-13-19-9-11-20(12-10-19)29(4,26)27/h5,7-12H,6,13-16H2,1-4H3,(H2,23,24,25). The molecule has 0 unspecified atom stereocenters. The van der Waals surface area contributed by atoms with Crippen molar-refractivity contribution in [1.82, 2.24) is 10.6 Å². The molecule has 2 aromatic rings. The van der Waals surface area contributed by atoms with Crippen molar-refractivity contribution < 1.29 is 13.2 Å². The third kappa shape index (κ3) is 7.42. The molecular formula is C22H31N3O3S. The highest BCUT2D eigenvalue weighted by Gasteiger charge is 2.06. The zero-order chi connectivity index (χ0) is 21.3. The van der Waals surface area contributed by atoms with Gasteiger partial charge in [-0.15, -0.1) is 0 Å². The third-order valence-corrected chi connectivity index (χ3v) is 5.68. The van der Waals surface area contributed by atoms with Crippen LogP contribution in [0, 0.1) is 13.8 Å². The van der Waals surface area contributed by atoms with E-state index in [1.54, 1.807) is 19.2 Å². The SMILES string of the molecule is CN=C(NCCCOc1c(C)cccc1C)NCCc1ccc(S(C)(=O)=O)cc1. The van der Waals surface area contributed by atoms with Crippen molar-refractivity contribution in [1.29, 1.82) is 0 Å². The average Bonchev–Trinajstić information content (AvgIpc) is 2.68. The van der Waals surface area contributed by atoms with Crippen molar-refractivity contribution in [2.24, 2.45) is 4.99 Å². The minimum Gasteiger partial charge on any atom is -0.493 e. The van der Waals surface area contributed by atoms with Crippen LogP contribution in [0.3, 0.4) is 0 Å². The lowest BCUT2D eigenvalue weighted by molar-refractivity contribution is 0.307. The topological polar surface area (TPSA) is 79.8 Å². The molecule has 158 valence electrons. The number of rotatable bonds is 9. The molecule has 2 aromatic carbocycles. The zero-order valence-electron chi connectivity index (χ0n) is 17.7. The molecule has 0 radical (unpaired) electrons. The molecule has 0 spiro atoms.